The molecule has 2 aromatic rings. The number of rotatable bonds is 0. The van der Waals surface area contributed by atoms with E-state index in [9.17, 15) is 9.59 Å². The number of benzene rings is 2. The van der Waals surface area contributed by atoms with Crippen LogP contribution in [0.2, 0.25) is 0 Å². The van der Waals surface area contributed by atoms with E-state index in [2.05, 4.69) is 24.3 Å². The zero-order chi connectivity index (χ0) is 18.8. The summed E-state index contributed by atoms with van der Waals surface area (Å²) in [7, 11) is 0. The summed E-state index contributed by atoms with van der Waals surface area (Å²) in [5.74, 6) is -0.115. The summed E-state index contributed by atoms with van der Waals surface area (Å²) < 4.78 is 0. The van der Waals surface area contributed by atoms with Gasteiger partial charge in [0.1, 0.15) is 0 Å². The molecule has 0 saturated carbocycles. The molecule has 28 heavy (non-hydrogen) atoms. The molecule has 0 fully saturated rings. The zero-order valence-electron chi connectivity index (χ0n) is 15.3. The van der Waals surface area contributed by atoms with Crippen LogP contribution in [-0.4, -0.2) is 34.7 Å². The summed E-state index contributed by atoms with van der Waals surface area (Å²) in [5.41, 5.74) is 7.60. The predicted molar refractivity (Wildman–Crippen MR) is 107 cm³/mol. The summed E-state index contributed by atoms with van der Waals surface area (Å²) >= 11 is 0. The van der Waals surface area contributed by atoms with Gasteiger partial charge >= 0.3 is 0 Å². The van der Waals surface area contributed by atoms with Crippen molar-refractivity contribution in [3.8, 4) is 0 Å². The van der Waals surface area contributed by atoms with E-state index in [0.29, 0.717) is 24.2 Å². The Morgan fingerprint density at radius 3 is 1.50 bits per heavy atom. The maximum atomic E-state index is 13.1. The molecule has 4 heteroatoms. The van der Waals surface area contributed by atoms with E-state index in [0.717, 1.165) is 35.4 Å². The molecule has 4 aliphatic rings. The molecule has 2 aromatic carbocycles. The molecule has 0 spiro atoms. The van der Waals surface area contributed by atoms with Crippen LogP contribution in [0.1, 0.15) is 22.3 Å². The third-order valence-corrected chi connectivity index (χ3v) is 6.18. The highest BCUT2D eigenvalue weighted by Gasteiger charge is 2.39. The topological polar surface area (TPSA) is 40.6 Å². The average molecular weight is 366 g/mol. The minimum absolute atomic E-state index is 0.0576. The van der Waals surface area contributed by atoms with Crippen LogP contribution in [0.25, 0.3) is 11.4 Å². The van der Waals surface area contributed by atoms with E-state index in [1.165, 1.54) is 11.1 Å². The zero-order valence-corrected chi connectivity index (χ0v) is 15.3. The van der Waals surface area contributed by atoms with Gasteiger partial charge in [-0.05, 0) is 36.1 Å². The Morgan fingerprint density at radius 1 is 0.607 bits per heavy atom. The second kappa shape index (κ2) is 5.55. The first-order chi connectivity index (χ1) is 13.7. The Kier molecular flexibility index (Phi) is 3.10. The third-order valence-electron chi connectivity index (χ3n) is 6.18. The number of carbonyl (C=O) groups is 2. The van der Waals surface area contributed by atoms with Crippen LogP contribution >= 0.6 is 0 Å². The highest BCUT2D eigenvalue weighted by molar-refractivity contribution is 6.18. The first-order valence-electron chi connectivity index (χ1n) is 9.70. The van der Waals surface area contributed by atoms with E-state index in [1.54, 1.807) is 0 Å². The molecule has 0 radical (unpaired) electrons. The van der Waals surface area contributed by atoms with Crippen molar-refractivity contribution < 1.29 is 9.59 Å². The first kappa shape index (κ1) is 15.6. The lowest BCUT2D eigenvalue weighted by molar-refractivity contribution is -0.125. The molecule has 0 saturated heterocycles. The van der Waals surface area contributed by atoms with Crippen LogP contribution in [0.4, 0.5) is 0 Å². The van der Waals surface area contributed by atoms with Gasteiger partial charge in [0.05, 0.1) is 22.5 Å². The summed E-state index contributed by atoms with van der Waals surface area (Å²) in [6.45, 7) is 1.32. The van der Waals surface area contributed by atoms with E-state index >= 15 is 0 Å². The molecule has 0 atom stereocenters. The number of carbonyl (C=O) groups excluding carboxylic acids is 2. The molecular weight excluding hydrogens is 348 g/mol. The molecule has 0 aromatic heterocycles. The quantitative estimate of drug-likeness (QED) is 0.672. The summed E-state index contributed by atoms with van der Waals surface area (Å²) in [6.07, 6.45) is 5.51. The first-order valence-corrected chi connectivity index (χ1v) is 9.70. The molecule has 4 aliphatic heterocycles. The monoisotopic (exact) mass is 366 g/mol. The number of amides is 2. The lowest BCUT2D eigenvalue weighted by Crippen LogP contribution is -2.33. The van der Waals surface area contributed by atoms with E-state index in [1.807, 2.05) is 46.2 Å². The van der Waals surface area contributed by atoms with Gasteiger partial charge in [0.2, 0.25) is 0 Å². The van der Waals surface area contributed by atoms with Gasteiger partial charge in [-0.25, -0.2) is 0 Å². The number of hydrogen-bond acceptors (Lipinski definition) is 2. The molecule has 4 nitrogen and oxygen atoms in total. The van der Waals surface area contributed by atoms with Crippen LogP contribution in [0, 0.1) is 0 Å². The maximum Gasteiger partial charge on any atom is 0.259 e. The van der Waals surface area contributed by atoms with Crippen molar-refractivity contribution in [2.45, 2.75) is 12.8 Å². The lowest BCUT2D eigenvalue weighted by atomic mass is 9.97. The van der Waals surface area contributed by atoms with Crippen molar-refractivity contribution >= 4 is 23.2 Å². The number of fused-ring (bicyclic) bond motifs is 6. The standard InChI is InChI=1S/C24H18N2O2/c27-23-19(13-21-17-7-3-1-5-15(17)9-11-25(21)23)20-14-22-18-8-4-2-6-16(18)10-12-26(22)24(20)28/h1-8,13-14H,9-12H2/b20-19+. The van der Waals surface area contributed by atoms with Gasteiger partial charge in [-0.3, -0.25) is 9.59 Å². The highest BCUT2D eigenvalue weighted by Crippen LogP contribution is 2.41. The van der Waals surface area contributed by atoms with Gasteiger partial charge in [0.15, 0.2) is 0 Å². The molecular formula is C24H18N2O2. The Labute approximate surface area is 163 Å². The predicted octanol–water partition coefficient (Wildman–Crippen LogP) is 3.16. The van der Waals surface area contributed by atoms with Crippen LogP contribution in [0.3, 0.4) is 0 Å². The Morgan fingerprint density at radius 2 is 1.04 bits per heavy atom. The van der Waals surface area contributed by atoms with E-state index in [4.69, 9.17) is 0 Å². The minimum atomic E-state index is -0.0576. The van der Waals surface area contributed by atoms with Crippen molar-refractivity contribution in [3.05, 3.63) is 94.1 Å². The fraction of sp³-hybridized carbons (Fsp3) is 0.167. The van der Waals surface area contributed by atoms with Gasteiger partial charge in [-0.1, -0.05) is 48.5 Å². The van der Waals surface area contributed by atoms with Gasteiger partial charge in [-0.2, -0.15) is 0 Å². The summed E-state index contributed by atoms with van der Waals surface area (Å²) in [4.78, 5) is 29.9. The Hall–Kier alpha value is -3.40. The van der Waals surface area contributed by atoms with Gasteiger partial charge in [0, 0.05) is 24.2 Å². The SMILES string of the molecule is O=C1/C(=C2\C=C3c4ccccc4CCN3C2=O)C=C2c3ccccc3CCN12. The van der Waals surface area contributed by atoms with Crippen molar-refractivity contribution in [2.75, 3.05) is 13.1 Å². The third kappa shape index (κ3) is 2.00. The minimum Gasteiger partial charge on any atom is -0.307 e. The van der Waals surface area contributed by atoms with Crippen LogP contribution in [0.15, 0.2) is 71.8 Å². The number of hydrogen-bond donors (Lipinski definition) is 0. The molecule has 0 bridgehead atoms. The van der Waals surface area contributed by atoms with Crippen molar-refractivity contribution in [1.29, 1.82) is 0 Å². The number of nitrogens with zero attached hydrogens (tertiary/aromatic N) is 2. The van der Waals surface area contributed by atoms with Gasteiger partial charge < -0.3 is 9.80 Å². The highest BCUT2D eigenvalue weighted by atomic mass is 16.2. The van der Waals surface area contributed by atoms with Crippen LogP contribution in [0.5, 0.6) is 0 Å². The Balaban J connectivity index is 1.51. The van der Waals surface area contributed by atoms with Crippen molar-refractivity contribution in [3.63, 3.8) is 0 Å². The van der Waals surface area contributed by atoms with Crippen LogP contribution in [-0.2, 0) is 22.4 Å². The molecule has 2 amide bonds. The van der Waals surface area contributed by atoms with Crippen molar-refractivity contribution in [1.82, 2.24) is 9.80 Å². The smallest absolute Gasteiger partial charge is 0.259 e. The van der Waals surface area contributed by atoms with Gasteiger partial charge in [0.25, 0.3) is 11.8 Å². The molecule has 4 heterocycles. The fourth-order valence-corrected chi connectivity index (χ4v) is 4.78. The Bertz CT molecular complexity index is 1080. The summed E-state index contributed by atoms with van der Waals surface area (Å²) in [6, 6.07) is 16.4. The van der Waals surface area contributed by atoms with E-state index < -0.39 is 0 Å². The second-order valence-corrected chi connectivity index (χ2v) is 7.61. The average Bonchev–Trinajstić information content (AvgIpc) is 3.25. The lowest BCUT2D eigenvalue weighted by Gasteiger charge is -2.27. The van der Waals surface area contributed by atoms with Gasteiger partial charge in [-0.15, -0.1) is 0 Å². The molecule has 0 unspecified atom stereocenters. The summed E-state index contributed by atoms with van der Waals surface area (Å²) in [5, 5.41) is 0. The molecule has 0 aliphatic carbocycles. The second-order valence-electron chi connectivity index (χ2n) is 7.61. The molecule has 6 rings (SSSR count). The van der Waals surface area contributed by atoms with Crippen LogP contribution < -0.4 is 0 Å². The fourth-order valence-electron chi connectivity index (χ4n) is 4.78. The van der Waals surface area contributed by atoms with Crippen molar-refractivity contribution in [2.24, 2.45) is 0 Å². The maximum absolute atomic E-state index is 13.1. The molecule has 136 valence electrons. The van der Waals surface area contributed by atoms with E-state index in [-0.39, 0.29) is 11.8 Å². The largest absolute Gasteiger partial charge is 0.307 e. The molecule has 0 N–H and O–H groups in total. The normalized spacial score (nSPS) is 22.4.